The number of nitrogens with one attached hydrogen (secondary N) is 2. The van der Waals surface area contributed by atoms with Crippen molar-refractivity contribution < 1.29 is 0 Å². The molecular weight excluding hydrogens is 438 g/mol. The molecule has 162 valence electrons. The molecule has 0 bridgehead atoms. The van der Waals surface area contributed by atoms with Gasteiger partial charge in [-0.1, -0.05) is 42.1 Å². The van der Waals surface area contributed by atoms with Gasteiger partial charge in [0, 0.05) is 32.6 Å². The largest absolute Gasteiger partial charge is 0.317 e. The molecule has 0 radical (unpaired) electrons. The minimum absolute atomic E-state index is 0.535. The van der Waals surface area contributed by atoms with Gasteiger partial charge in [0.25, 0.3) is 0 Å². The molecular formula is C23H23N7S2. The first-order chi connectivity index (χ1) is 15.8. The van der Waals surface area contributed by atoms with Crippen LogP contribution in [-0.2, 0) is 0 Å². The van der Waals surface area contributed by atoms with Crippen LogP contribution >= 0.6 is 23.7 Å². The van der Waals surface area contributed by atoms with Crippen molar-refractivity contribution in [2.75, 3.05) is 13.1 Å². The summed E-state index contributed by atoms with van der Waals surface area (Å²) >= 11 is 2.85. The lowest BCUT2D eigenvalue weighted by Crippen LogP contribution is -2.26. The van der Waals surface area contributed by atoms with E-state index in [2.05, 4.69) is 67.3 Å². The number of nitrogens with zero attached hydrogens (tertiary/aromatic N) is 4. The first-order valence-electron chi connectivity index (χ1n) is 10.5. The number of benzene rings is 2. The van der Waals surface area contributed by atoms with Gasteiger partial charge < -0.3 is 5.32 Å². The maximum atomic E-state index is 6.18. The number of aromatic nitrogens is 5. The van der Waals surface area contributed by atoms with Crippen molar-refractivity contribution in [3.8, 4) is 22.5 Å². The fraction of sp³-hybridized carbons (Fsp3) is 0.217. The molecule has 0 aliphatic carbocycles. The Morgan fingerprint density at radius 2 is 1.72 bits per heavy atom. The van der Waals surface area contributed by atoms with Crippen molar-refractivity contribution in [3.05, 3.63) is 66.5 Å². The summed E-state index contributed by atoms with van der Waals surface area (Å²) in [7, 11) is 0. The lowest BCUT2D eigenvalue weighted by molar-refractivity contribution is 0.460. The average Bonchev–Trinajstić information content (AvgIpc) is 3.40. The van der Waals surface area contributed by atoms with Gasteiger partial charge in [-0.25, -0.2) is 0 Å². The SMILES string of the molecule is NSc1c(Sc2ccncc2)ccc(-c2ccc(C3CCNCC3)cc2)c1-c1nn[nH]n1. The number of piperidine rings is 1. The Balaban J connectivity index is 1.56. The summed E-state index contributed by atoms with van der Waals surface area (Å²) in [5, 5.41) is 24.5. The molecule has 4 N–H and O–H groups in total. The summed E-state index contributed by atoms with van der Waals surface area (Å²) in [5.74, 6) is 1.16. The van der Waals surface area contributed by atoms with E-state index in [4.69, 9.17) is 5.14 Å². The smallest absolute Gasteiger partial charge is 0.206 e. The normalized spacial score (nSPS) is 14.5. The standard InChI is InChI=1S/C23H23N7S2/c24-32-22-20(31-18-9-13-26-14-10-18)6-5-19(21(22)23-27-29-30-28-23)17-3-1-15(2-4-17)16-7-11-25-12-8-16/h1-6,9-10,13-14,16,25H,7-8,11-12,24H2,(H,27,28,29,30). The van der Waals surface area contributed by atoms with E-state index in [-0.39, 0.29) is 0 Å². The maximum Gasteiger partial charge on any atom is 0.206 e. The van der Waals surface area contributed by atoms with E-state index in [0.29, 0.717) is 11.7 Å². The number of hydrogen-bond acceptors (Lipinski definition) is 8. The second kappa shape index (κ2) is 9.83. The molecule has 0 atom stereocenters. The third kappa shape index (κ3) is 4.42. The Kier molecular flexibility index (Phi) is 6.49. The lowest BCUT2D eigenvalue weighted by Gasteiger charge is -2.23. The summed E-state index contributed by atoms with van der Waals surface area (Å²) in [6.07, 6.45) is 5.94. The molecule has 32 heavy (non-hydrogen) atoms. The Labute approximate surface area is 195 Å². The summed E-state index contributed by atoms with van der Waals surface area (Å²) in [4.78, 5) is 7.16. The molecule has 0 spiro atoms. The third-order valence-electron chi connectivity index (χ3n) is 5.72. The summed E-state index contributed by atoms with van der Waals surface area (Å²) in [5.41, 5.74) is 4.43. The van der Waals surface area contributed by atoms with Crippen LogP contribution in [0.25, 0.3) is 22.5 Å². The van der Waals surface area contributed by atoms with Crippen LogP contribution in [0.2, 0.25) is 0 Å². The molecule has 3 heterocycles. The first kappa shape index (κ1) is 21.1. The molecule has 0 saturated carbocycles. The molecule has 1 fully saturated rings. The van der Waals surface area contributed by atoms with E-state index >= 15 is 0 Å². The molecule has 0 amide bonds. The van der Waals surface area contributed by atoms with Gasteiger partial charge in [0.05, 0.1) is 0 Å². The van der Waals surface area contributed by atoms with Crippen LogP contribution in [0.1, 0.15) is 24.3 Å². The van der Waals surface area contributed by atoms with Crippen LogP contribution < -0.4 is 10.5 Å². The van der Waals surface area contributed by atoms with Crippen molar-refractivity contribution in [2.45, 2.75) is 33.4 Å². The minimum atomic E-state index is 0.535. The van der Waals surface area contributed by atoms with Crippen molar-refractivity contribution >= 4 is 23.7 Å². The highest BCUT2D eigenvalue weighted by molar-refractivity contribution is 8.01. The predicted octanol–water partition coefficient (Wildman–Crippen LogP) is 4.51. The summed E-state index contributed by atoms with van der Waals surface area (Å²) in [6, 6.07) is 17.1. The summed E-state index contributed by atoms with van der Waals surface area (Å²) < 4.78 is 0. The Bertz CT molecular complexity index is 1160. The van der Waals surface area contributed by atoms with Crippen LogP contribution in [0.4, 0.5) is 0 Å². The molecule has 2 aromatic heterocycles. The molecule has 2 aromatic carbocycles. The highest BCUT2D eigenvalue weighted by Gasteiger charge is 2.21. The zero-order chi connectivity index (χ0) is 21.8. The quantitative estimate of drug-likeness (QED) is 0.360. The molecule has 0 unspecified atom stereocenters. The fourth-order valence-corrected chi connectivity index (χ4v) is 5.73. The highest BCUT2D eigenvalue weighted by atomic mass is 32.2. The Morgan fingerprint density at radius 1 is 0.938 bits per heavy atom. The predicted molar refractivity (Wildman–Crippen MR) is 128 cm³/mol. The third-order valence-corrected chi connectivity index (χ3v) is 7.58. The van der Waals surface area contributed by atoms with Gasteiger partial charge in [0.15, 0.2) is 0 Å². The molecule has 9 heteroatoms. The van der Waals surface area contributed by atoms with E-state index in [0.717, 1.165) is 44.5 Å². The molecule has 1 saturated heterocycles. The minimum Gasteiger partial charge on any atom is -0.317 e. The second-order valence-corrected chi connectivity index (χ2v) is 9.36. The van der Waals surface area contributed by atoms with Gasteiger partial charge in [-0.3, -0.25) is 10.1 Å². The number of hydrogen-bond donors (Lipinski definition) is 3. The average molecular weight is 462 g/mol. The molecule has 1 aliphatic rings. The Morgan fingerprint density at radius 3 is 2.41 bits per heavy atom. The van der Waals surface area contributed by atoms with Gasteiger partial charge in [-0.05, 0) is 83.9 Å². The van der Waals surface area contributed by atoms with E-state index in [9.17, 15) is 0 Å². The number of rotatable bonds is 6. The van der Waals surface area contributed by atoms with Crippen molar-refractivity contribution in [3.63, 3.8) is 0 Å². The van der Waals surface area contributed by atoms with Crippen LogP contribution in [0.5, 0.6) is 0 Å². The molecule has 5 rings (SSSR count). The molecule has 7 nitrogen and oxygen atoms in total. The maximum absolute atomic E-state index is 6.18. The number of nitrogens with two attached hydrogens (primary N) is 1. The van der Waals surface area contributed by atoms with Crippen molar-refractivity contribution in [1.29, 1.82) is 0 Å². The second-order valence-electron chi connectivity index (χ2n) is 7.60. The van der Waals surface area contributed by atoms with Gasteiger partial charge in [-0.2, -0.15) is 5.21 Å². The van der Waals surface area contributed by atoms with Gasteiger partial charge >= 0.3 is 0 Å². The van der Waals surface area contributed by atoms with Crippen molar-refractivity contribution in [2.24, 2.45) is 5.14 Å². The number of pyridine rings is 1. The van der Waals surface area contributed by atoms with Crippen LogP contribution in [0, 0.1) is 0 Å². The fourth-order valence-electron chi connectivity index (χ4n) is 4.11. The zero-order valence-electron chi connectivity index (χ0n) is 17.4. The van der Waals surface area contributed by atoms with Crippen molar-refractivity contribution in [1.82, 2.24) is 30.9 Å². The first-order valence-corrected chi connectivity index (χ1v) is 12.2. The van der Waals surface area contributed by atoms with Crippen LogP contribution in [-0.4, -0.2) is 38.7 Å². The number of tetrazole rings is 1. The monoisotopic (exact) mass is 461 g/mol. The Hall–Kier alpha value is -2.72. The van der Waals surface area contributed by atoms with E-state index in [1.807, 2.05) is 12.1 Å². The van der Waals surface area contributed by atoms with E-state index in [1.165, 1.54) is 30.4 Å². The van der Waals surface area contributed by atoms with Crippen LogP contribution in [0.15, 0.2) is 75.6 Å². The topological polar surface area (TPSA) is 105 Å². The van der Waals surface area contributed by atoms with E-state index in [1.54, 1.807) is 24.2 Å². The number of H-pyrrole nitrogens is 1. The zero-order valence-corrected chi connectivity index (χ0v) is 19.0. The molecule has 1 aliphatic heterocycles. The summed E-state index contributed by atoms with van der Waals surface area (Å²) in [6.45, 7) is 2.17. The van der Waals surface area contributed by atoms with Gasteiger partial charge in [0.2, 0.25) is 5.82 Å². The van der Waals surface area contributed by atoms with E-state index < -0.39 is 0 Å². The molecule has 4 aromatic rings. The van der Waals surface area contributed by atoms with Gasteiger partial charge in [-0.15, -0.1) is 10.2 Å². The van der Waals surface area contributed by atoms with Crippen LogP contribution in [0.3, 0.4) is 0 Å². The number of aromatic amines is 1. The van der Waals surface area contributed by atoms with Gasteiger partial charge in [0.1, 0.15) is 0 Å². The lowest BCUT2D eigenvalue weighted by atomic mass is 9.89. The highest BCUT2D eigenvalue weighted by Crippen LogP contribution is 2.44.